The number of fused-ring (bicyclic) bond motifs is 2. The van der Waals surface area contributed by atoms with Crippen molar-refractivity contribution in [3.63, 3.8) is 0 Å². The van der Waals surface area contributed by atoms with Crippen molar-refractivity contribution in [2.45, 2.75) is 12.8 Å². The lowest BCUT2D eigenvalue weighted by molar-refractivity contribution is -0.136. The van der Waals surface area contributed by atoms with Crippen LogP contribution in [0.2, 0.25) is 0 Å². The second-order valence-corrected chi connectivity index (χ2v) is 4.35. The summed E-state index contributed by atoms with van der Waals surface area (Å²) in [5.74, 6) is 0.812. The highest BCUT2D eigenvalue weighted by atomic mass is 16.5. The normalized spacial score (nSPS) is 12.2. The molecule has 90 valence electrons. The van der Waals surface area contributed by atoms with Crippen LogP contribution in [0.15, 0.2) is 42.5 Å². The standard InChI is InChI=1S/C15H12O3/c16-15(17)9-10-5-3-7-14-12(10)8-11-4-1-2-6-13(11)18-14/h1-7H,8-9H2,(H,16,17). The maximum Gasteiger partial charge on any atom is 0.307 e. The van der Waals surface area contributed by atoms with Crippen molar-refractivity contribution in [3.8, 4) is 11.5 Å². The topological polar surface area (TPSA) is 46.5 Å². The van der Waals surface area contributed by atoms with E-state index in [9.17, 15) is 4.79 Å². The predicted octanol–water partition coefficient (Wildman–Crippen LogP) is 3.01. The van der Waals surface area contributed by atoms with E-state index in [1.165, 1.54) is 0 Å². The van der Waals surface area contributed by atoms with Crippen LogP contribution in [0.3, 0.4) is 0 Å². The molecule has 0 aromatic heterocycles. The molecule has 0 spiro atoms. The van der Waals surface area contributed by atoms with Crippen LogP contribution in [0.1, 0.15) is 16.7 Å². The summed E-state index contributed by atoms with van der Waals surface area (Å²) in [6.07, 6.45) is 0.768. The summed E-state index contributed by atoms with van der Waals surface area (Å²) in [5.41, 5.74) is 2.91. The summed E-state index contributed by atoms with van der Waals surface area (Å²) in [7, 11) is 0. The minimum atomic E-state index is -0.817. The fourth-order valence-corrected chi connectivity index (χ4v) is 2.29. The lowest BCUT2D eigenvalue weighted by Crippen LogP contribution is -2.09. The maximum atomic E-state index is 10.9. The van der Waals surface area contributed by atoms with E-state index in [0.717, 1.165) is 34.6 Å². The van der Waals surface area contributed by atoms with E-state index < -0.39 is 5.97 Å². The summed E-state index contributed by atoms with van der Waals surface area (Å²) >= 11 is 0. The Labute approximate surface area is 105 Å². The summed E-state index contributed by atoms with van der Waals surface area (Å²) in [5, 5.41) is 8.92. The first-order chi connectivity index (χ1) is 8.74. The largest absolute Gasteiger partial charge is 0.481 e. The zero-order chi connectivity index (χ0) is 12.5. The molecule has 2 aromatic rings. The average molecular weight is 240 g/mol. The van der Waals surface area contributed by atoms with Crippen LogP contribution in [-0.4, -0.2) is 11.1 Å². The molecule has 1 N–H and O–H groups in total. The van der Waals surface area contributed by atoms with Gasteiger partial charge in [-0.05, 0) is 23.3 Å². The van der Waals surface area contributed by atoms with E-state index in [-0.39, 0.29) is 6.42 Å². The van der Waals surface area contributed by atoms with Gasteiger partial charge in [-0.1, -0.05) is 30.3 Å². The molecule has 0 saturated carbocycles. The first-order valence-corrected chi connectivity index (χ1v) is 5.82. The zero-order valence-corrected chi connectivity index (χ0v) is 9.72. The Kier molecular flexibility index (Phi) is 2.52. The molecule has 3 heteroatoms. The Bertz CT molecular complexity index is 617. The van der Waals surface area contributed by atoms with Gasteiger partial charge in [-0.25, -0.2) is 0 Å². The van der Waals surface area contributed by atoms with Gasteiger partial charge in [0.25, 0.3) is 0 Å². The Hall–Kier alpha value is -2.29. The zero-order valence-electron chi connectivity index (χ0n) is 9.72. The molecular weight excluding hydrogens is 228 g/mol. The highest BCUT2D eigenvalue weighted by Gasteiger charge is 2.19. The summed E-state index contributed by atoms with van der Waals surface area (Å²) in [6, 6.07) is 13.4. The summed E-state index contributed by atoms with van der Waals surface area (Å²) in [4.78, 5) is 10.9. The van der Waals surface area contributed by atoms with Crippen LogP contribution in [0.25, 0.3) is 0 Å². The van der Waals surface area contributed by atoms with Crippen molar-refractivity contribution in [1.29, 1.82) is 0 Å². The van der Waals surface area contributed by atoms with Gasteiger partial charge in [0, 0.05) is 12.0 Å². The van der Waals surface area contributed by atoms with Gasteiger partial charge in [-0.15, -0.1) is 0 Å². The molecule has 2 aromatic carbocycles. The molecule has 0 fully saturated rings. The predicted molar refractivity (Wildman–Crippen MR) is 67.1 cm³/mol. The molecule has 0 radical (unpaired) electrons. The number of carboxylic acid groups (broad SMARTS) is 1. The Morgan fingerprint density at radius 2 is 1.89 bits per heavy atom. The highest BCUT2D eigenvalue weighted by Crippen LogP contribution is 2.37. The van der Waals surface area contributed by atoms with E-state index in [0.29, 0.717) is 0 Å². The molecule has 3 nitrogen and oxygen atoms in total. The van der Waals surface area contributed by atoms with Crippen LogP contribution in [0.4, 0.5) is 0 Å². The number of para-hydroxylation sites is 1. The van der Waals surface area contributed by atoms with E-state index >= 15 is 0 Å². The molecular formula is C15H12O3. The van der Waals surface area contributed by atoms with Crippen LogP contribution in [0.5, 0.6) is 11.5 Å². The van der Waals surface area contributed by atoms with Gasteiger partial charge in [0.05, 0.1) is 6.42 Å². The molecule has 18 heavy (non-hydrogen) atoms. The van der Waals surface area contributed by atoms with Gasteiger partial charge in [0.15, 0.2) is 0 Å². The number of hydrogen-bond donors (Lipinski definition) is 1. The second-order valence-electron chi connectivity index (χ2n) is 4.35. The lowest BCUT2D eigenvalue weighted by Gasteiger charge is -2.22. The first-order valence-electron chi connectivity index (χ1n) is 5.82. The van der Waals surface area contributed by atoms with Crippen molar-refractivity contribution in [2.75, 3.05) is 0 Å². The number of aliphatic carboxylic acids is 1. The Morgan fingerprint density at radius 3 is 2.72 bits per heavy atom. The fraction of sp³-hybridized carbons (Fsp3) is 0.133. The molecule has 0 saturated heterocycles. The highest BCUT2D eigenvalue weighted by molar-refractivity contribution is 5.71. The van der Waals surface area contributed by atoms with Crippen LogP contribution in [-0.2, 0) is 17.6 Å². The molecule has 1 aliphatic rings. The smallest absolute Gasteiger partial charge is 0.307 e. The number of carboxylic acids is 1. The fourth-order valence-electron chi connectivity index (χ4n) is 2.29. The Morgan fingerprint density at radius 1 is 1.11 bits per heavy atom. The SMILES string of the molecule is O=C(O)Cc1cccc2c1Cc1ccccc1O2. The van der Waals surface area contributed by atoms with E-state index in [2.05, 4.69) is 0 Å². The van der Waals surface area contributed by atoms with Crippen LogP contribution < -0.4 is 4.74 Å². The van der Waals surface area contributed by atoms with Gasteiger partial charge >= 0.3 is 5.97 Å². The van der Waals surface area contributed by atoms with Gasteiger partial charge in [-0.3, -0.25) is 4.79 Å². The van der Waals surface area contributed by atoms with E-state index in [1.54, 1.807) is 0 Å². The number of hydrogen-bond acceptors (Lipinski definition) is 2. The van der Waals surface area contributed by atoms with Gasteiger partial charge < -0.3 is 9.84 Å². The minimum absolute atomic E-state index is 0.0364. The van der Waals surface area contributed by atoms with Crippen molar-refractivity contribution < 1.29 is 14.6 Å². The van der Waals surface area contributed by atoms with Crippen molar-refractivity contribution in [1.82, 2.24) is 0 Å². The molecule has 1 heterocycles. The molecule has 1 aliphatic heterocycles. The number of ether oxygens (including phenoxy) is 1. The van der Waals surface area contributed by atoms with Crippen LogP contribution >= 0.6 is 0 Å². The van der Waals surface area contributed by atoms with Gasteiger partial charge in [0.1, 0.15) is 11.5 Å². The third-order valence-corrected chi connectivity index (χ3v) is 3.13. The Balaban J connectivity index is 2.04. The van der Waals surface area contributed by atoms with Crippen LogP contribution in [0, 0.1) is 0 Å². The molecule has 0 atom stereocenters. The number of benzene rings is 2. The third kappa shape index (κ3) is 1.84. The van der Waals surface area contributed by atoms with E-state index in [1.807, 2.05) is 42.5 Å². The second kappa shape index (κ2) is 4.18. The van der Waals surface area contributed by atoms with Crippen molar-refractivity contribution in [3.05, 3.63) is 59.2 Å². The lowest BCUT2D eigenvalue weighted by atomic mass is 9.94. The van der Waals surface area contributed by atoms with Crippen molar-refractivity contribution in [2.24, 2.45) is 0 Å². The molecule has 3 rings (SSSR count). The summed E-state index contributed by atoms with van der Waals surface area (Å²) in [6.45, 7) is 0. The number of rotatable bonds is 2. The minimum Gasteiger partial charge on any atom is -0.481 e. The first kappa shape index (κ1) is 10.8. The van der Waals surface area contributed by atoms with E-state index in [4.69, 9.17) is 9.84 Å². The van der Waals surface area contributed by atoms with Gasteiger partial charge in [0.2, 0.25) is 0 Å². The molecule has 0 amide bonds. The molecule has 0 aliphatic carbocycles. The molecule has 0 bridgehead atoms. The maximum absolute atomic E-state index is 10.9. The average Bonchev–Trinajstić information content (AvgIpc) is 2.36. The third-order valence-electron chi connectivity index (χ3n) is 3.13. The number of carbonyl (C=O) groups is 1. The van der Waals surface area contributed by atoms with Gasteiger partial charge in [-0.2, -0.15) is 0 Å². The molecule has 0 unspecified atom stereocenters. The summed E-state index contributed by atoms with van der Waals surface area (Å²) < 4.78 is 5.81. The quantitative estimate of drug-likeness (QED) is 0.749. The van der Waals surface area contributed by atoms with Crippen molar-refractivity contribution >= 4 is 5.97 Å². The monoisotopic (exact) mass is 240 g/mol.